The van der Waals surface area contributed by atoms with E-state index in [-0.39, 0.29) is 36.0 Å². The SMILES string of the molecule is CCSCCC(O)S(=O)(=O)[O-].[Na+]. The third-order valence-electron chi connectivity index (χ3n) is 1.05. The second-order valence-corrected chi connectivity index (χ2v) is 4.86. The molecule has 1 atom stereocenters. The molecule has 68 valence electrons. The second kappa shape index (κ2) is 7.61. The molecule has 0 aliphatic rings. The van der Waals surface area contributed by atoms with Crippen molar-refractivity contribution in [3.05, 3.63) is 0 Å². The van der Waals surface area contributed by atoms with Crippen LogP contribution in [0.2, 0.25) is 0 Å². The first-order valence-corrected chi connectivity index (χ1v) is 5.81. The standard InChI is InChI=1S/C5H12O4S2.Na/c1-2-10-4-3-5(6)11(7,8)9;/h5-6H,2-4H2,1H3,(H,7,8,9);/q;+1/p-1. The molecule has 12 heavy (non-hydrogen) atoms. The van der Waals surface area contributed by atoms with Crippen LogP contribution >= 0.6 is 11.8 Å². The van der Waals surface area contributed by atoms with E-state index in [9.17, 15) is 13.0 Å². The Labute approximate surface area is 99.2 Å². The van der Waals surface area contributed by atoms with Gasteiger partial charge in [0.15, 0.2) is 0 Å². The molecule has 0 bridgehead atoms. The van der Waals surface area contributed by atoms with Crippen molar-refractivity contribution in [2.45, 2.75) is 18.8 Å². The molecular formula is C5H11NaO4S2. The molecule has 0 rings (SSSR count). The third-order valence-corrected chi connectivity index (χ3v) is 2.88. The average Bonchev–Trinajstić information content (AvgIpc) is 1.86. The molecule has 0 fully saturated rings. The average molecular weight is 222 g/mol. The van der Waals surface area contributed by atoms with Gasteiger partial charge in [0.1, 0.15) is 15.6 Å². The Morgan fingerprint density at radius 1 is 1.58 bits per heavy atom. The van der Waals surface area contributed by atoms with E-state index in [1.807, 2.05) is 6.92 Å². The summed E-state index contributed by atoms with van der Waals surface area (Å²) < 4.78 is 30.3. The minimum atomic E-state index is -4.49. The summed E-state index contributed by atoms with van der Waals surface area (Å²) >= 11 is 1.49. The van der Waals surface area contributed by atoms with Crippen LogP contribution in [0.1, 0.15) is 13.3 Å². The summed E-state index contributed by atoms with van der Waals surface area (Å²) in [5, 5.41) is 8.70. The third kappa shape index (κ3) is 7.85. The fourth-order valence-corrected chi connectivity index (χ4v) is 1.71. The van der Waals surface area contributed by atoms with Crippen LogP contribution in [-0.2, 0) is 10.1 Å². The molecule has 7 heteroatoms. The van der Waals surface area contributed by atoms with Crippen LogP contribution in [0.15, 0.2) is 0 Å². The molecule has 0 aromatic carbocycles. The zero-order chi connectivity index (χ0) is 8.91. The predicted octanol–water partition coefficient (Wildman–Crippen LogP) is -3.00. The first kappa shape index (κ1) is 15.7. The van der Waals surface area contributed by atoms with Crippen LogP contribution in [0.25, 0.3) is 0 Å². The Morgan fingerprint density at radius 3 is 2.42 bits per heavy atom. The molecule has 4 nitrogen and oxygen atoms in total. The number of hydrogen-bond acceptors (Lipinski definition) is 5. The molecule has 1 unspecified atom stereocenters. The quantitative estimate of drug-likeness (QED) is 0.305. The summed E-state index contributed by atoms with van der Waals surface area (Å²) in [5.41, 5.74) is -1.73. The van der Waals surface area contributed by atoms with Gasteiger partial charge in [-0.25, -0.2) is 8.42 Å². The number of aliphatic hydroxyl groups is 1. The van der Waals surface area contributed by atoms with E-state index in [2.05, 4.69) is 0 Å². The molecule has 0 spiro atoms. The normalized spacial score (nSPS) is 13.6. The van der Waals surface area contributed by atoms with E-state index >= 15 is 0 Å². The second-order valence-electron chi connectivity index (χ2n) is 1.93. The van der Waals surface area contributed by atoms with Crippen molar-refractivity contribution in [2.75, 3.05) is 11.5 Å². The Balaban J connectivity index is 0. The van der Waals surface area contributed by atoms with Crippen LogP contribution in [-0.4, -0.2) is 35.0 Å². The Bertz CT molecular complexity index is 192. The minimum absolute atomic E-state index is 0. The summed E-state index contributed by atoms with van der Waals surface area (Å²) in [6, 6.07) is 0. The first-order valence-electron chi connectivity index (χ1n) is 3.19. The van der Waals surface area contributed by atoms with Crippen molar-refractivity contribution in [1.29, 1.82) is 0 Å². The monoisotopic (exact) mass is 222 g/mol. The molecule has 0 aliphatic heterocycles. The zero-order valence-electron chi connectivity index (χ0n) is 7.19. The first-order chi connectivity index (χ1) is 4.98. The Hall–Kier alpha value is 1.22. The van der Waals surface area contributed by atoms with E-state index < -0.39 is 15.6 Å². The smallest absolute Gasteiger partial charge is 0.746 e. The molecule has 0 heterocycles. The maximum absolute atomic E-state index is 10.1. The summed E-state index contributed by atoms with van der Waals surface area (Å²) in [6.45, 7) is 1.92. The molecule has 1 N–H and O–H groups in total. The van der Waals surface area contributed by atoms with Crippen molar-refractivity contribution in [2.24, 2.45) is 0 Å². The maximum atomic E-state index is 10.1. The van der Waals surface area contributed by atoms with Gasteiger partial charge in [-0.3, -0.25) is 0 Å². The van der Waals surface area contributed by atoms with Gasteiger partial charge in [-0.2, -0.15) is 11.8 Å². The Kier molecular flexibility index (Phi) is 9.94. The van der Waals surface area contributed by atoms with Crippen LogP contribution < -0.4 is 29.6 Å². The topological polar surface area (TPSA) is 77.4 Å². The van der Waals surface area contributed by atoms with E-state index in [0.29, 0.717) is 5.75 Å². The minimum Gasteiger partial charge on any atom is -0.746 e. The van der Waals surface area contributed by atoms with Crippen LogP contribution in [0, 0.1) is 0 Å². The van der Waals surface area contributed by atoms with Crippen molar-refractivity contribution in [3.8, 4) is 0 Å². The van der Waals surface area contributed by atoms with Gasteiger partial charge >= 0.3 is 29.6 Å². The number of rotatable bonds is 5. The van der Waals surface area contributed by atoms with E-state index in [0.717, 1.165) is 5.75 Å². The van der Waals surface area contributed by atoms with E-state index in [1.165, 1.54) is 11.8 Å². The van der Waals surface area contributed by atoms with Crippen LogP contribution in [0.3, 0.4) is 0 Å². The molecule has 0 saturated heterocycles. The number of thioether (sulfide) groups is 1. The van der Waals surface area contributed by atoms with Gasteiger partial charge in [-0.1, -0.05) is 6.92 Å². The van der Waals surface area contributed by atoms with Crippen molar-refractivity contribution < 1.29 is 47.6 Å². The van der Waals surface area contributed by atoms with E-state index in [4.69, 9.17) is 5.11 Å². The van der Waals surface area contributed by atoms with Gasteiger partial charge in [-0.05, 0) is 17.9 Å². The molecule has 0 amide bonds. The fourth-order valence-electron chi connectivity index (χ4n) is 0.473. The maximum Gasteiger partial charge on any atom is 1.00 e. The summed E-state index contributed by atoms with van der Waals surface area (Å²) in [6.07, 6.45) is 0.0182. The summed E-state index contributed by atoms with van der Waals surface area (Å²) in [7, 11) is -4.49. The molecule has 0 radical (unpaired) electrons. The van der Waals surface area contributed by atoms with Gasteiger partial charge in [0, 0.05) is 0 Å². The van der Waals surface area contributed by atoms with Gasteiger partial charge in [0.25, 0.3) is 0 Å². The predicted molar refractivity (Wildman–Crippen MR) is 43.3 cm³/mol. The fraction of sp³-hybridized carbons (Fsp3) is 1.00. The molecular weight excluding hydrogens is 211 g/mol. The summed E-state index contributed by atoms with van der Waals surface area (Å²) in [4.78, 5) is 0. The van der Waals surface area contributed by atoms with Gasteiger partial charge in [0.2, 0.25) is 0 Å². The van der Waals surface area contributed by atoms with Crippen molar-refractivity contribution in [1.82, 2.24) is 0 Å². The van der Waals surface area contributed by atoms with Gasteiger partial charge in [0.05, 0.1) is 0 Å². The molecule has 0 aromatic heterocycles. The molecule has 0 saturated carbocycles. The van der Waals surface area contributed by atoms with Crippen molar-refractivity contribution >= 4 is 21.9 Å². The zero-order valence-corrected chi connectivity index (χ0v) is 10.8. The van der Waals surface area contributed by atoms with Gasteiger partial charge < -0.3 is 9.66 Å². The van der Waals surface area contributed by atoms with Gasteiger partial charge in [-0.15, -0.1) is 0 Å². The number of aliphatic hydroxyl groups excluding tert-OH is 1. The molecule has 0 aliphatic carbocycles. The Morgan fingerprint density at radius 2 is 2.08 bits per heavy atom. The van der Waals surface area contributed by atoms with Crippen LogP contribution in [0.4, 0.5) is 0 Å². The molecule has 0 aromatic rings. The van der Waals surface area contributed by atoms with Crippen molar-refractivity contribution in [3.63, 3.8) is 0 Å². The van der Waals surface area contributed by atoms with E-state index in [1.54, 1.807) is 0 Å². The largest absolute Gasteiger partial charge is 1.00 e. The number of hydrogen-bond donors (Lipinski definition) is 1. The van der Waals surface area contributed by atoms with Crippen LogP contribution in [0.5, 0.6) is 0 Å². The summed E-state index contributed by atoms with van der Waals surface area (Å²) in [5.74, 6) is 1.35.